The van der Waals surface area contributed by atoms with Crippen molar-refractivity contribution in [3.63, 3.8) is 0 Å². The molecule has 0 amide bonds. The quantitative estimate of drug-likeness (QED) is 0.285. The van der Waals surface area contributed by atoms with E-state index in [-0.39, 0.29) is 29.4 Å². The van der Waals surface area contributed by atoms with Crippen LogP contribution in [0.1, 0.15) is 25.0 Å². The van der Waals surface area contributed by atoms with E-state index in [2.05, 4.69) is 25.3 Å². The molecule has 0 aliphatic carbocycles. The lowest BCUT2D eigenvalue weighted by molar-refractivity contribution is -0.137. The number of hydrogen-bond acceptors (Lipinski definition) is 7. The van der Waals surface area contributed by atoms with Gasteiger partial charge in [-0.25, -0.2) is 24.1 Å². The maximum absolute atomic E-state index is 13.2. The largest absolute Gasteiger partial charge is 0.480 e. The molecule has 3 N–H and O–H groups in total. The minimum absolute atomic E-state index is 0.0489. The second-order valence-electron chi connectivity index (χ2n) is 8.55. The van der Waals surface area contributed by atoms with Crippen LogP contribution in [-0.4, -0.2) is 60.9 Å². The van der Waals surface area contributed by atoms with Crippen LogP contribution in [0.4, 0.5) is 24.9 Å². The Bertz CT molecular complexity index is 1480. The standard InChI is InChI=1S/C25H26F3N7O3/c1-3-34(4-2)23-30-14-16(13-25(26,27)28)20(33-23)31-19(22(36)37)12-15-7-9-17(10-8-15)35-21-18(32-24(35)38)6-5-11-29-21/h5-11,14,19H,3-4,12-13H2,1-2H3,(H,32,38)(H,36,37)(H,30,31,33). The minimum atomic E-state index is -4.53. The van der Waals surface area contributed by atoms with Gasteiger partial charge in [0.25, 0.3) is 0 Å². The summed E-state index contributed by atoms with van der Waals surface area (Å²) in [7, 11) is 0. The first kappa shape index (κ1) is 26.6. The molecule has 0 aliphatic rings. The molecular formula is C25H26F3N7O3. The van der Waals surface area contributed by atoms with Crippen LogP contribution in [0.25, 0.3) is 16.9 Å². The Morgan fingerprint density at radius 1 is 1.16 bits per heavy atom. The fraction of sp³-hybridized carbons (Fsp3) is 0.320. The smallest absolute Gasteiger partial charge is 0.393 e. The minimum Gasteiger partial charge on any atom is -0.480 e. The molecule has 1 aromatic carbocycles. The van der Waals surface area contributed by atoms with Gasteiger partial charge in [-0.1, -0.05) is 12.1 Å². The highest BCUT2D eigenvalue weighted by Gasteiger charge is 2.31. The van der Waals surface area contributed by atoms with Crippen LogP contribution in [0.15, 0.2) is 53.6 Å². The summed E-state index contributed by atoms with van der Waals surface area (Å²) >= 11 is 0. The Kier molecular flexibility index (Phi) is 7.65. The van der Waals surface area contributed by atoms with Gasteiger partial charge >= 0.3 is 17.8 Å². The third-order valence-corrected chi connectivity index (χ3v) is 5.98. The molecule has 200 valence electrons. The van der Waals surface area contributed by atoms with E-state index in [9.17, 15) is 27.9 Å². The number of fused-ring (bicyclic) bond motifs is 1. The summed E-state index contributed by atoms with van der Waals surface area (Å²) in [5.41, 5.74) is 1.50. The van der Waals surface area contributed by atoms with Gasteiger partial charge in [-0.3, -0.25) is 0 Å². The Morgan fingerprint density at radius 3 is 2.50 bits per heavy atom. The van der Waals surface area contributed by atoms with E-state index in [1.807, 2.05) is 13.8 Å². The van der Waals surface area contributed by atoms with E-state index < -0.39 is 24.6 Å². The number of carboxylic acids is 1. The van der Waals surface area contributed by atoms with Gasteiger partial charge in [-0.15, -0.1) is 0 Å². The Hall–Kier alpha value is -4.42. The van der Waals surface area contributed by atoms with Crippen LogP contribution in [-0.2, 0) is 17.6 Å². The molecule has 1 unspecified atom stereocenters. The fourth-order valence-electron chi connectivity index (χ4n) is 4.09. The molecule has 3 heterocycles. The Balaban J connectivity index is 1.61. The normalized spacial score (nSPS) is 12.4. The zero-order valence-corrected chi connectivity index (χ0v) is 20.7. The summed E-state index contributed by atoms with van der Waals surface area (Å²) < 4.78 is 41.0. The van der Waals surface area contributed by atoms with Crippen LogP contribution in [0, 0.1) is 0 Å². The van der Waals surface area contributed by atoms with E-state index in [4.69, 9.17) is 0 Å². The summed E-state index contributed by atoms with van der Waals surface area (Å²) in [4.78, 5) is 41.5. The van der Waals surface area contributed by atoms with E-state index >= 15 is 0 Å². The van der Waals surface area contributed by atoms with Crippen molar-refractivity contribution >= 4 is 28.9 Å². The number of carbonyl (C=O) groups is 1. The van der Waals surface area contributed by atoms with Crippen molar-refractivity contribution in [3.05, 3.63) is 70.4 Å². The number of aromatic amines is 1. The third-order valence-electron chi connectivity index (χ3n) is 5.98. The van der Waals surface area contributed by atoms with Crippen molar-refractivity contribution in [2.75, 3.05) is 23.3 Å². The monoisotopic (exact) mass is 529 g/mol. The molecule has 0 fully saturated rings. The van der Waals surface area contributed by atoms with Crippen LogP contribution < -0.4 is 15.9 Å². The fourth-order valence-corrected chi connectivity index (χ4v) is 4.09. The maximum atomic E-state index is 13.2. The number of aliphatic carboxylic acids is 1. The molecule has 38 heavy (non-hydrogen) atoms. The van der Waals surface area contributed by atoms with Crippen LogP contribution in [0.2, 0.25) is 0 Å². The molecule has 0 saturated carbocycles. The molecule has 0 bridgehead atoms. The second kappa shape index (κ2) is 10.9. The van der Waals surface area contributed by atoms with Crippen molar-refractivity contribution in [1.29, 1.82) is 0 Å². The highest BCUT2D eigenvalue weighted by Crippen LogP contribution is 2.27. The molecule has 4 aromatic rings. The lowest BCUT2D eigenvalue weighted by Crippen LogP contribution is -2.33. The average molecular weight is 530 g/mol. The number of benzene rings is 1. The number of rotatable bonds is 10. The molecule has 13 heteroatoms. The van der Waals surface area contributed by atoms with Crippen molar-refractivity contribution < 1.29 is 23.1 Å². The second-order valence-corrected chi connectivity index (χ2v) is 8.55. The Morgan fingerprint density at radius 2 is 1.87 bits per heavy atom. The van der Waals surface area contributed by atoms with E-state index in [0.29, 0.717) is 35.5 Å². The van der Waals surface area contributed by atoms with E-state index in [1.54, 1.807) is 47.5 Å². The molecular weight excluding hydrogens is 503 g/mol. The number of halogens is 3. The van der Waals surface area contributed by atoms with Gasteiger partial charge in [-0.2, -0.15) is 18.2 Å². The van der Waals surface area contributed by atoms with Crippen molar-refractivity contribution in [3.8, 4) is 5.69 Å². The number of H-pyrrole nitrogens is 1. The molecule has 1 atom stereocenters. The lowest BCUT2D eigenvalue weighted by Gasteiger charge is -2.22. The Labute approximate surface area is 215 Å². The molecule has 0 spiro atoms. The van der Waals surface area contributed by atoms with Crippen molar-refractivity contribution in [1.82, 2.24) is 24.5 Å². The average Bonchev–Trinajstić information content (AvgIpc) is 3.21. The number of hydrogen-bond donors (Lipinski definition) is 3. The highest BCUT2D eigenvalue weighted by molar-refractivity contribution is 5.78. The molecule has 4 rings (SSSR count). The van der Waals surface area contributed by atoms with Gasteiger partial charge in [0, 0.05) is 37.5 Å². The zero-order chi connectivity index (χ0) is 27.4. The van der Waals surface area contributed by atoms with Crippen molar-refractivity contribution in [2.24, 2.45) is 0 Å². The first-order chi connectivity index (χ1) is 18.1. The predicted octanol–water partition coefficient (Wildman–Crippen LogP) is 3.56. The number of nitrogens with one attached hydrogen (secondary N) is 2. The number of anilines is 2. The lowest BCUT2D eigenvalue weighted by atomic mass is 10.0. The van der Waals surface area contributed by atoms with Gasteiger partial charge in [0.15, 0.2) is 5.65 Å². The number of carboxylic acid groups (broad SMARTS) is 1. The van der Waals surface area contributed by atoms with Crippen LogP contribution in [0.3, 0.4) is 0 Å². The van der Waals surface area contributed by atoms with Gasteiger partial charge in [0.05, 0.1) is 17.6 Å². The SMILES string of the molecule is CCN(CC)c1ncc(CC(F)(F)F)c(NC(Cc2ccc(-n3c(=O)[nH]c4cccnc43)cc2)C(=O)O)n1. The zero-order valence-electron chi connectivity index (χ0n) is 20.7. The molecule has 10 nitrogen and oxygen atoms in total. The maximum Gasteiger partial charge on any atom is 0.393 e. The molecule has 0 aliphatic heterocycles. The predicted molar refractivity (Wildman–Crippen MR) is 136 cm³/mol. The number of imidazole rings is 1. The highest BCUT2D eigenvalue weighted by atomic mass is 19.4. The van der Waals surface area contributed by atoms with Gasteiger partial charge in [0.1, 0.15) is 11.9 Å². The summed E-state index contributed by atoms with van der Waals surface area (Å²) in [6.07, 6.45) is -3.23. The molecule has 3 aromatic heterocycles. The summed E-state index contributed by atoms with van der Waals surface area (Å²) in [6, 6.07) is 8.76. The van der Waals surface area contributed by atoms with Gasteiger partial charge in [-0.05, 0) is 43.7 Å². The van der Waals surface area contributed by atoms with Gasteiger partial charge in [0.2, 0.25) is 5.95 Å². The number of aromatic nitrogens is 5. The summed E-state index contributed by atoms with van der Waals surface area (Å²) in [5.74, 6) is -1.23. The molecule has 0 radical (unpaired) electrons. The van der Waals surface area contributed by atoms with E-state index in [0.717, 1.165) is 6.20 Å². The number of alkyl halides is 3. The number of pyridine rings is 1. The van der Waals surface area contributed by atoms with E-state index in [1.165, 1.54) is 4.57 Å². The first-order valence-corrected chi connectivity index (χ1v) is 11.9. The van der Waals surface area contributed by atoms with Crippen LogP contribution in [0.5, 0.6) is 0 Å². The summed E-state index contributed by atoms with van der Waals surface area (Å²) in [5, 5.41) is 12.5. The topological polar surface area (TPSA) is 129 Å². The number of nitrogens with zero attached hydrogens (tertiary/aromatic N) is 5. The van der Waals surface area contributed by atoms with Crippen LogP contribution >= 0.6 is 0 Å². The molecule has 0 saturated heterocycles. The summed E-state index contributed by atoms with van der Waals surface area (Å²) in [6.45, 7) is 4.76. The third kappa shape index (κ3) is 5.93. The first-order valence-electron chi connectivity index (χ1n) is 11.9. The van der Waals surface area contributed by atoms with Gasteiger partial charge < -0.3 is 20.3 Å². The van der Waals surface area contributed by atoms with Crippen molar-refractivity contribution in [2.45, 2.75) is 38.9 Å².